The Labute approximate surface area is 83.7 Å². The van der Waals surface area contributed by atoms with E-state index in [2.05, 4.69) is 15.5 Å². The molecule has 1 aliphatic rings. The molecule has 2 rings (SSSR count). The van der Waals surface area contributed by atoms with Crippen molar-refractivity contribution in [2.45, 2.75) is 12.5 Å². The summed E-state index contributed by atoms with van der Waals surface area (Å²) in [5.74, 6) is 0.559. The average Bonchev–Trinajstić information content (AvgIpc) is 2.74. The first-order valence-corrected chi connectivity index (χ1v) is 4.93. The van der Waals surface area contributed by atoms with Crippen LogP contribution in [0.2, 0.25) is 0 Å². The average molecular weight is 193 g/mol. The third-order valence-electron chi connectivity index (χ3n) is 2.71. The Morgan fingerprint density at radius 1 is 1.57 bits per heavy atom. The maximum atomic E-state index is 5.39. The van der Waals surface area contributed by atoms with Gasteiger partial charge in [0.15, 0.2) is 0 Å². The highest BCUT2D eigenvalue weighted by atomic mass is 16.5. The largest absolute Gasteiger partial charge is 0.381 e. The lowest BCUT2D eigenvalue weighted by molar-refractivity contribution is 0.177. The summed E-state index contributed by atoms with van der Waals surface area (Å²) in [6.45, 7) is 1.72. The van der Waals surface area contributed by atoms with E-state index in [1.54, 1.807) is 6.20 Å². The molecule has 1 aliphatic heterocycles. The predicted octanol–water partition coefficient (Wildman–Crippen LogP) is 0.774. The second-order valence-corrected chi connectivity index (χ2v) is 3.57. The van der Waals surface area contributed by atoms with Gasteiger partial charge in [0.2, 0.25) is 0 Å². The highest BCUT2D eigenvalue weighted by Gasteiger charge is 2.25. The lowest BCUT2D eigenvalue weighted by Crippen LogP contribution is -2.25. The van der Waals surface area contributed by atoms with Crippen LogP contribution in [0.25, 0.3) is 0 Å². The fourth-order valence-corrected chi connectivity index (χ4v) is 1.98. The molecule has 0 spiro atoms. The number of rotatable bonds is 3. The monoisotopic (exact) mass is 193 g/mol. The zero-order chi connectivity index (χ0) is 9.80. The fourth-order valence-electron chi connectivity index (χ4n) is 1.98. The van der Waals surface area contributed by atoms with Gasteiger partial charge in [0, 0.05) is 24.8 Å². The highest BCUT2D eigenvalue weighted by molar-refractivity contribution is 5.13. The van der Waals surface area contributed by atoms with Crippen molar-refractivity contribution in [2.75, 3.05) is 20.3 Å². The highest BCUT2D eigenvalue weighted by Crippen LogP contribution is 2.27. The summed E-state index contributed by atoms with van der Waals surface area (Å²) in [4.78, 5) is 0. The Balaban J connectivity index is 2.12. The topological polar surface area (TPSA) is 47.0 Å². The molecule has 0 radical (unpaired) electrons. The smallest absolute Gasteiger partial charge is 0.0544 e. The van der Waals surface area contributed by atoms with Gasteiger partial charge in [-0.05, 0) is 25.1 Å². The fraction of sp³-hybridized carbons (Fsp3) is 0.600. The molecule has 2 heterocycles. The van der Waals surface area contributed by atoms with Gasteiger partial charge in [0.25, 0.3) is 0 Å². The van der Waals surface area contributed by atoms with E-state index in [0.29, 0.717) is 12.0 Å². The Kier molecular flexibility index (Phi) is 3.06. The van der Waals surface area contributed by atoms with Crippen molar-refractivity contribution in [3.8, 4) is 0 Å². The lowest BCUT2D eigenvalue weighted by Gasteiger charge is -2.21. The van der Waals surface area contributed by atoms with Crippen molar-refractivity contribution in [3.63, 3.8) is 0 Å². The molecule has 1 aromatic heterocycles. The van der Waals surface area contributed by atoms with E-state index in [1.165, 1.54) is 5.56 Å². The molecule has 0 aromatic carbocycles. The van der Waals surface area contributed by atoms with Crippen molar-refractivity contribution in [3.05, 3.63) is 24.0 Å². The maximum Gasteiger partial charge on any atom is 0.0544 e. The zero-order valence-electron chi connectivity index (χ0n) is 8.31. The van der Waals surface area contributed by atoms with E-state index < -0.39 is 0 Å². The Morgan fingerprint density at radius 3 is 3.07 bits per heavy atom. The van der Waals surface area contributed by atoms with Gasteiger partial charge in [-0.2, -0.15) is 10.2 Å². The SMILES string of the molecule is CNC(c1ccnnc1)C1CCOC1. The Hall–Kier alpha value is -1.00. The van der Waals surface area contributed by atoms with Gasteiger partial charge < -0.3 is 10.1 Å². The number of hydrogen-bond acceptors (Lipinski definition) is 4. The van der Waals surface area contributed by atoms with Crippen LogP contribution in [-0.2, 0) is 4.74 Å². The van der Waals surface area contributed by atoms with E-state index in [4.69, 9.17) is 4.74 Å². The first kappa shape index (κ1) is 9.55. The van der Waals surface area contributed by atoms with Crippen LogP contribution in [0.3, 0.4) is 0 Å². The van der Waals surface area contributed by atoms with E-state index >= 15 is 0 Å². The normalized spacial score (nSPS) is 23.6. The second-order valence-electron chi connectivity index (χ2n) is 3.57. The van der Waals surface area contributed by atoms with Crippen LogP contribution >= 0.6 is 0 Å². The predicted molar refractivity (Wildman–Crippen MR) is 52.8 cm³/mol. The van der Waals surface area contributed by atoms with E-state index in [1.807, 2.05) is 19.3 Å². The third-order valence-corrected chi connectivity index (χ3v) is 2.71. The lowest BCUT2D eigenvalue weighted by atomic mass is 9.94. The number of ether oxygens (including phenoxy) is 1. The number of nitrogens with one attached hydrogen (secondary N) is 1. The van der Waals surface area contributed by atoms with Crippen LogP contribution in [0.1, 0.15) is 18.0 Å². The van der Waals surface area contributed by atoms with Crippen LogP contribution in [0.15, 0.2) is 18.5 Å². The number of aromatic nitrogens is 2. The molecule has 0 bridgehead atoms. The summed E-state index contributed by atoms with van der Waals surface area (Å²) in [6, 6.07) is 2.35. The molecular formula is C10H15N3O. The number of nitrogens with zero attached hydrogens (tertiary/aromatic N) is 2. The molecule has 0 saturated carbocycles. The van der Waals surface area contributed by atoms with Crippen molar-refractivity contribution in [1.82, 2.24) is 15.5 Å². The molecule has 4 nitrogen and oxygen atoms in total. The minimum atomic E-state index is 0.341. The van der Waals surface area contributed by atoms with Gasteiger partial charge >= 0.3 is 0 Å². The number of hydrogen-bond donors (Lipinski definition) is 1. The van der Waals surface area contributed by atoms with Crippen LogP contribution < -0.4 is 5.32 Å². The maximum absolute atomic E-state index is 5.39. The summed E-state index contributed by atoms with van der Waals surface area (Å²) < 4.78 is 5.39. The van der Waals surface area contributed by atoms with Crippen molar-refractivity contribution >= 4 is 0 Å². The Bertz CT molecular complexity index is 272. The molecule has 14 heavy (non-hydrogen) atoms. The summed E-state index contributed by atoms with van der Waals surface area (Å²) in [5.41, 5.74) is 1.19. The quantitative estimate of drug-likeness (QED) is 0.770. The van der Waals surface area contributed by atoms with Gasteiger partial charge in [-0.25, -0.2) is 0 Å². The molecule has 0 amide bonds. The van der Waals surface area contributed by atoms with Crippen molar-refractivity contribution < 1.29 is 4.74 Å². The molecular weight excluding hydrogens is 178 g/mol. The molecule has 4 heteroatoms. The van der Waals surface area contributed by atoms with E-state index in [-0.39, 0.29) is 0 Å². The standard InChI is InChI=1S/C10H15N3O/c1-11-10(9-3-5-14-7-9)8-2-4-12-13-6-8/h2,4,6,9-11H,3,5,7H2,1H3. The van der Waals surface area contributed by atoms with Crippen LogP contribution in [0, 0.1) is 5.92 Å². The van der Waals surface area contributed by atoms with Crippen LogP contribution in [0.5, 0.6) is 0 Å². The van der Waals surface area contributed by atoms with E-state index in [9.17, 15) is 0 Å². The minimum Gasteiger partial charge on any atom is -0.381 e. The summed E-state index contributed by atoms with van der Waals surface area (Å²) in [7, 11) is 1.98. The molecule has 1 saturated heterocycles. The first-order valence-electron chi connectivity index (χ1n) is 4.93. The van der Waals surface area contributed by atoms with Gasteiger partial charge in [-0.3, -0.25) is 0 Å². The van der Waals surface area contributed by atoms with Crippen LogP contribution in [-0.4, -0.2) is 30.5 Å². The summed E-state index contributed by atoms with van der Waals surface area (Å²) >= 11 is 0. The third kappa shape index (κ3) is 1.91. The van der Waals surface area contributed by atoms with Crippen LogP contribution in [0.4, 0.5) is 0 Å². The molecule has 0 aliphatic carbocycles. The van der Waals surface area contributed by atoms with Crippen molar-refractivity contribution in [1.29, 1.82) is 0 Å². The van der Waals surface area contributed by atoms with Gasteiger partial charge in [0.1, 0.15) is 0 Å². The molecule has 1 fully saturated rings. The summed E-state index contributed by atoms with van der Waals surface area (Å²) in [5, 5.41) is 11.0. The molecule has 1 N–H and O–H groups in total. The second kappa shape index (κ2) is 4.48. The molecule has 2 unspecified atom stereocenters. The first-order chi connectivity index (χ1) is 6.92. The molecule has 1 aromatic rings. The van der Waals surface area contributed by atoms with Gasteiger partial charge in [-0.15, -0.1) is 0 Å². The minimum absolute atomic E-state index is 0.341. The Morgan fingerprint density at radius 2 is 2.50 bits per heavy atom. The van der Waals surface area contributed by atoms with E-state index in [0.717, 1.165) is 19.6 Å². The van der Waals surface area contributed by atoms with Gasteiger partial charge in [-0.1, -0.05) is 0 Å². The zero-order valence-corrected chi connectivity index (χ0v) is 8.31. The molecule has 2 atom stereocenters. The van der Waals surface area contributed by atoms with Gasteiger partial charge in [0.05, 0.1) is 12.8 Å². The van der Waals surface area contributed by atoms with Crippen molar-refractivity contribution in [2.24, 2.45) is 5.92 Å². The molecule has 76 valence electrons. The summed E-state index contributed by atoms with van der Waals surface area (Å²) in [6.07, 6.45) is 4.67.